The van der Waals surface area contributed by atoms with Crippen molar-refractivity contribution in [1.29, 1.82) is 0 Å². The van der Waals surface area contributed by atoms with Crippen molar-refractivity contribution in [2.45, 2.75) is 53.0 Å². The summed E-state index contributed by atoms with van der Waals surface area (Å²) >= 11 is 0. The fourth-order valence-electron chi connectivity index (χ4n) is 1.47. The lowest BCUT2D eigenvalue weighted by atomic mass is 10.1. The molecule has 14 heavy (non-hydrogen) atoms. The molecule has 0 aliphatic rings. The molecular formula is C12H27NO. The van der Waals surface area contributed by atoms with Crippen LogP contribution < -0.4 is 0 Å². The Bertz CT molecular complexity index is 129. The molecule has 0 fully saturated rings. The average Bonchev–Trinajstić information content (AvgIpc) is 2.08. The summed E-state index contributed by atoms with van der Waals surface area (Å²) in [6, 6.07) is 0. The second kappa shape index (κ2) is 7.24. The standard InChI is InChI=1S/C12H27NO/c1-6-8-13(12(3,4)5)9-11-14-10-7-2/h6-11H2,1-5H3. The van der Waals surface area contributed by atoms with Crippen LogP contribution in [0.25, 0.3) is 0 Å². The van der Waals surface area contributed by atoms with Gasteiger partial charge < -0.3 is 4.74 Å². The van der Waals surface area contributed by atoms with Crippen molar-refractivity contribution in [2.75, 3.05) is 26.3 Å². The van der Waals surface area contributed by atoms with E-state index in [9.17, 15) is 0 Å². The van der Waals surface area contributed by atoms with E-state index in [4.69, 9.17) is 4.74 Å². The summed E-state index contributed by atoms with van der Waals surface area (Å²) in [4.78, 5) is 2.49. The van der Waals surface area contributed by atoms with E-state index in [-0.39, 0.29) is 5.54 Å². The van der Waals surface area contributed by atoms with Crippen molar-refractivity contribution >= 4 is 0 Å². The highest BCUT2D eigenvalue weighted by atomic mass is 16.5. The molecule has 0 unspecified atom stereocenters. The van der Waals surface area contributed by atoms with Crippen LogP contribution in [-0.4, -0.2) is 36.7 Å². The van der Waals surface area contributed by atoms with Crippen LogP contribution in [-0.2, 0) is 4.74 Å². The van der Waals surface area contributed by atoms with Crippen LogP contribution in [0.3, 0.4) is 0 Å². The number of ether oxygens (including phenoxy) is 1. The summed E-state index contributed by atoms with van der Waals surface area (Å²) < 4.78 is 5.51. The van der Waals surface area contributed by atoms with Gasteiger partial charge in [0.05, 0.1) is 6.61 Å². The van der Waals surface area contributed by atoms with E-state index in [0.717, 1.165) is 26.2 Å². The van der Waals surface area contributed by atoms with E-state index in [0.29, 0.717) is 0 Å². The Kier molecular flexibility index (Phi) is 7.20. The molecule has 0 aromatic heterocycles. The number of hydrogen-bond donors (Lipinski definition) is 0. The Morgan fingerprint density at radius 1 is 0.929 bits per heavy atom. The summed E-state index contributed by atoms with van der Waals surface area (Å²) in [6.07, 6.45) is 2.33. The SMILES string of the molecule is CCCOCCN(CCC)C(C)(C)C. The van der Waals surface area contributed by atoms with E-state index in [1.807, 2.05) is 0 Å². The second-order valence-corrected chi connectivity index (χ2v) is 4.77. The van der Waals surface area contributed by atoms with Gasteiger partial charge in [-0.2, -0.15) is 0 Å². The Hall–Kier alpha value is -0.0800. The Morgan fingerprint density at radius 3 is 2.00 bits per heavy atom. The Morgan fingerprint density at radius 2 is 1.57 bits per heavy atom. The summed E-state index contributed by atoms with van der Waals surface area (Å²) in [7, 11) is 0. The van der Waals surface area contributed by atoms with Crippen molar-refractivity contribution in [3.05, 3.63) is 0 Å². The van der Waals surface area contributed by atoms with Crippen LogP contribution in [0.2, 0.25) is 0 Å². The lowest BCUT2D eigenvalue weighted by Gasteiger charge is -2.35. The first kappa shape index (κ1) is 13.9. The quantitative estimate of drug-likeness (QED) is 0.587. The zero-order valence-corrected chi connectivity index (χ0v) is 10.6. The molecule has 0 spiro atoms. The molecule has 0 rings (SSSR count). The van der Waals surface area contributed by atoms with Gasteiger partial charge in [-0.05, 0) is 40.2 Å². The van der Waals surface area contributed by atoms with E-state index >= 15 is 0 Å². The maximum Gasteiger partial charge on any atom is 0.0593 e. The van der Waals surface area contributed by atoms with Gasteiger partial charge in [-0.25, -0.2) is 0 Å². The maximum absolute atomic E-state index is 5.51. The largest absolute Gasteiger partial charge is 0.380 e. The van der Waals surface area contributed by atoms with Gasteiger partial charge >= 0.3 is 0 Å². The van der Waals surface area contributed by atoms with Crippen molar-refractivity contribution in [3.63, 3.8) is 0 Å². The van der Waals surface area contributed by atoms with Gasteiger partial charge in [-0.1, -0.05) is 13.8 Å². The van der Waals surface area contributed by atoms with Crippen molar-refractivity contribution < 1.29 is 4.74 Å². The summed E-state index contributed by atoms with van der Waals surface area (Å²) in [5, 5.41) is 0. The fourth-order valence-corrected chi connectivity index (χ4v) is 1.47. The zero-order valence-electron chi connectivity index (χ0n) is 10.6. The van der Waals surface area contributed by atoms with Gasteiger partial charge in [0.2, 0.25) is 0 Å². The molecule has 0 saturated carbocycles. The van der Waals surface area contributed by atoms with E-state index in [1.165, 1.54) is 13.0 Å². The van der Waals surface area contributed by atoms with E-state index in [2.05, 4.69) is 39.5 Å². The zero-order chi connectivity index (χ0) is 11.0. The molecule has 2 heteroatoms. The molecule has 0 saturated heterocycles. The lowest BCUT2D eigenvalue weighted by molar-refractivity contribution is 0.0650. The predicted molar refractivity (Wildman–Crippen MR) is 62.7 cm³/mol. The molecule has 0 aliphatic heterocycles. The molecule has 2 nitrogen and oxygen atoms in total. The van der Waals surface area contributed by atoms with Gasteiger partial charge in [0.1, 0.15) is 0 Å². The first-order chi connectivity index (χ1) is 6.52. The van der Waals surface area contributed by atoms with Crippen LogP contribution in [0.5, 0.6) is 0 Å². The summed E-state index contributed by atoms with van der Waals surface area (Å²) in [6.45, 7) is 15.2. The van der Waals surface area contributed by atoms with E-state index < -0.39 is 0 Å². The molecule has 0 aromatic rings. The molecule has 86 valence electrons. The first-order valence-electron chi connectivity index (χ1n) is 5.85. The van der Waals surface area contributed by atoms with Gasteiger partial charge in [-0.3, -0.25) is 4.90 Å². The molecule has 0 atom stereocenters. The molecule has 0 radical (unpaired) electrons. The Labute approximate surface area is 89.6 Å². The Balaban J connectivity index is 3.74. The smallest absolute Gasteiger partial charge is 0.0593 e. The third kappa shape index (κ3) is 6.39. The highest BCUT2D eigenvalue weighted by Crippen LogP contribution is 2.12. The normalized spacial score (nSPS) is 12.4. The minimum atomic E-state index is 0.269. The number of nitrogens with zero attached hydrogens (tertiary/aromatic N) is 1. The third-order valence-electron chi connectivity index (χ3n) is 2.30. The summed E-state index contributed by atoms with van der Waals surface area (Å²) in [5.41, 5.74) is 0.269. The molecule has 0 aromatic carbocycles. The molecule has 0 amide bonds. The first-order valence-corrected chi connectivity index (χ1v) is 5.85. The maximum atomic E-state index is 5.51. The highest BCUT2D eigenvalue weighted by Gasteiger charge is 2.19. The molecule has 0 N–H and O–H groups in total. The minimum absolute atomic E-state index is 0.269. The summed E-state index contributed by atoms with van der Waals surface area (Å²) in [5.74, 6) is 0. The minimum Gasteiger partial charge on any atom is -0.380 e. The van der Waals surface area contributed by atoms with Gasteiger partial charge in [-0.15, -0.1) is 0 Å². The molecule has 0 heterocycles. The molecule has 0 aliphatic carbocycles. The van der Waals surface area contributed by atoms with E-state index in [1.54, 1.807) is 0 Å². The second-order valence-electron chi connectivity index (χ2n) is 4.77. The average molecular weight is 201 g/mol. The van der Waals surface area contributed by atoms with Gasteiger partial charge in [0.25, 0.3) is 0 Å². The molecular weight excluding hydrogens is 174 g/mol. The fraction of sp³-hybridized carbons (Fsp3) is 1.00. The number of hydrogen-bond acceptors (Lipinski definition) is 2. The lowest BCUT2D eigenvalue weighted by Crippen LogP contribution is -2.43. The molecule has 0 bridgehead atoms. The monoisotopic (exact) mass is 201 g/mol. The van der Waals surface area contributed by atoms with Crippen LogP contribution in [0, 0.1) is 0 Å². The van der Waals surface area contributed by atoms with Crippen LogP contribution in [0.1, 0.15) is 47.5 Å². The van der Waals surface area contributed by atoms with Crippen LogP contribution >= 0.6 is 0 Å². The predicted octanol–water partition coefficient (Wildman–Crippen LogP) is 2.92. The van der Waals surface area contributed by atoms with Crippen LogP contribution in [0.15, 0.2) is 0 Å². The topological polar surface area (TPSA) is 12.5 Å². The van der Waals surface area contributed by atoms with Gasteiger partial charge in [0.15, 0.2) is 0 Å². The third-order valence-corrected chi connectivity index (χ3v) is 2.30. The number of rotatable bonds is 7. The van der Waals surface area contributed by atoms with Crippen LogP contribution in [0.4, 0.5) is 0 Å². The van der Waals surface area contributed by atoms with Crippen molar-refractivity contribution in [3.8, 4) is 0 Å². The van der Waals surface area contributed by atoms with Crippen molar-refractivity contribution in [1.82, 2.24) is 4.90 Å². The van der Waals surface area contributed by atoms with Gasteiger partial charge in [0, 0.05) is 18.7 Å². The van der Waals surface area contributed by atoms with Crippen molar-refractivity contribution in [2.24, 2.45) is 0 Å². The highest BCUT2D eigenvalue weighted by molar-refractivity contribution is 4.75.